The molecule has 3 heteroatoms. The van der Waals surface area contributed by atoms with Crippen molar-refractivity contribution in [2.24, 2.45) is 0 Å². The molecule has 1 heterocycles. The molecule has 1 aromatic heterocycles. The summed E-state index contributed by atoms with van der Waals surface area (Å²) in [6, 6.07) is 8.44. The Labute approximate surface area is 109 Å². The maximum absolute atomic E-state index is 4.33. The van der Waals surface area contributed by atoms with Crippen molar-refractivity contribution in [1.82, 2.24) is 9.78 Å². The highest BCUT2D eigenvalue weighted by atomic mass is 15.3. The average Bonchev–Trinajstić information content (AvgIpc) is 2.79. The van der Waals surface area contributed by atoms with Crippen molar-refractivity contribution in [2.75, 3.05) is 5.32 Å². The van der Waals surface area contributed by atoms with Crippen LogP contribution in [0, 0.1) is 13.8 Å². The molecule has 1 aromatic carbocycles. The van der Waals surface area contributed by atoms with Gasteiger partial charge in [-0.15, -0.1) is 0 Å². The highest BCUT2D eigenvalue weighted by Gasteiger charge is 2.03. The Hall–Kier alpha value is -1.77. The molecule has 0 unspecified atom stereocenters. The molecule has 0 radical (unpaired) electrons. The molecule has 96 valence electrons. The average molecular weight is 243 g/mol. The van der Waals surface area contributed by atoms with Gasteiger partial charge in [-0.3, -0.25) is 4.68 Å². The molecule has 0 amide bonds. The lowest BCUT2D eigenvalue weighted by Crippen LogP contribution is -2.09. The van der Waals surface area contributed by atoms with E-state index in [1.807, 2.05) is 6.20 Å². The van der Waals surface area contributed by atoms with Crippen LogP contribution in [-0.2, 0) is 13.1 Å². The number of hydrogen-bond acceptors (Lipinski definition) is 2. The number of rotatable bonds is 5. The largest absolute Gasteiger partial charge is 0.379 e. The smallest absolute Gasteiger partial charge is 0.0575 e. The summed E-state index contributed by atoms with van der Waals surface area (Å²) in [5.74, 6) is 0. The van der Waals surface area contributed by atoms with Gasteiger partial charge in [0.05, 0.1) is 12.2 Å². The van der Waals surface area contributed by atoms with Crippen LogP contribution in [0.3, 0.4) is 0 Å². The molecule has 0 aliphatic carbocycles. The molecule has 0 saturated carbocycles. The van der Waals surface area contributed by atoms with E-state index in [1.165, 1.54) is 22.5 Å². The van der Waals surface area contributed by atoms with Gasteiger partial charge in [-0.1, -0.05) is 19.1 Å². The van der Waals surface area contributed by atoms with Gasteiger partial charge in [-0.05, 0) is 43.5 Å². The summed E-state index contributed by atoms with van der Waals surface area (Å²) in [5.41, 5.74) is 5.08. The zero-order chi connectivity index (χ0) is 13.0. The van der Waals surface area contributed by atoms with Crippen molar-refractivity contribution >= 4 is 5.69 Å². The van der Waals surface area contributed by atoms with Crippen LogP contribution in [0.5, 0.6) is 0 Å². The third-order valence-electron chi connectivity index (χ3n) is 3.30. The number of aryl methyl sites for hydroxylation is 2. The van der Waals surface area contributed by atoms with Crippen molar-refractivity contribution in [3.05, 3.63) is 47.3 Å². The summed E-state index contributed by atoms with van der Waals surface area (Å²) in [6.07, 6.45) is 2.98. The van der Waals surface area contributed by atoms with Crippen LogP contribution in [0.4, 0.5) is 5.69 Å². The second-order valence-electron chi connectivity index (χ2n) is 4.65. The SMILES string of the molecule is CCCn1nccc1CNc1cccc(C)c1C. The lowest BCUT2D eigenvalue weighted by Gasteiger charge is -2.12. The van der Waals surface area contributed by atoms with Gasteiger partial charge in [0.25, 0.3) is 0 Å². The van der Waals surface area contributed by atoms with E-state index in [9.17, 15) is 0 Å². The number of nitrogens with zero attached hydrogens (tertiary/aromatic N) is 2. The van der Waals surface area contributed by atoms with E-state index in [-0.39, 0.29) is 0 Å². The lowest BCUT2D eigenvalue weighted by molar-refractivity contribution is 0.578. The first-order valence-corrected chi connectivity index (χ1v) is 6.53. The Balaban J connectivity index is 2.07. The van der Waals surface area contributed by atoms with Crippen molar-refractivity contribution in [3.8, 4) is 0 Å². The van der Waals surface area contributed by atoms with Gasteiger partial charge in [0, 0.05) is 18.4 Å². The van der Waals surface area contributed by atoms with Gasteiger partial charge in [-0.25, -0.2) is 0 Å². The standard InChI is InChI=1S/C15H21N3/c1-4-10-18-14(8-9-17-18)11-16-15-7-5-6-12(2)13(15)3/h5-9,16H,4,10-11H2,1-3H3. The molecule has 2 aromatic rings. The quantitative estimate of drug-likeness (QED) is 0.870. The van der Waals surface area contributed by atoms with Gasteiger partial charge >= 0.3 is 0 Å². The molecule has 0 bridgehead atoms. The summed E-state index contributed by atoms with van der Waals surface area (Å²) >= 11 is 0. The van der Waals surface area contributed by atoms with Crippen molar-refractivity contribution in [3.63, 3.8) is 0 Å². The lowest BCUT2D eigenvalue weighted by atomic mass is 10.1. The molecule has 0 saturated heterocycles. The van der Waals surface area contributed by atoms with E-state index in [0.29, 0.717) is 0 Å². The van der Waals surface area contributed by atoms with Crippen LogP contribution in [0.1, 0.15) is 30.2 Å². The first kappa shape index (κ1) is 12.7. The fourth-order valence-corrected chi connectivity index (χ4v) is 2.05. The summed E-state index contributed by atoms with van der Waals surface area (Å²) in [4.78, 5) is 0. The number of aromatic nitrogens is 2. The minimum absolute atomic E-state index is 0.824. The van der Waals surface area contributed by atoms with E-state index in [4.69, 9.17) is 0 Å². The van der Waals surface area contributed by atoms with Gasteiger partial charge < -0.3 is 5.32 Å². The molecule has 0 atom stereocenters. The van der Waals surface area contributed by atoms with Gasteiger partial charge in [0.15, 0.2) is 0 Å². The highest BCUT2D eigenvalue weighted by Crippen LogP contribution is 2.18. The molecular formula is C15H21N3. The summed E-state index contributed by atoms with van der Waals surface area (Å²) < 4.78 is 2.07. The molecule has 3 nitrogen and oxygen atoms in total. The minimum atomic E-state index is 0.824. The number of nitrogens with one attached hydrogen (secondary N) is 1. The summed E-state index contributed by atoms with van der Waals surface area (Å²) in [5, 5.41) is 7.83. The first-order valence-electron chi connectivity index (χ1n) is 6.53. The van der Waals surface area contributed by atoms with Crippen LogP contribution in [0.15, 0.2) is 30.5 Å². The molecule has 0 aliphatic heterocycles. The van der Waals surface area contributed by atoms with Gasteiger partial charge in [0.1, 0.15) is 0 Å². The highest BCUT2D eigenvalue weighted by molar-refractivity contribution is 5.53. The number of benzene rings is 1. The monoisotopic (exact) mass is 243 g/mol. The fraction of sp³-hybridized carbons (Fsp3) is 0.400. The van der Waals surface area contributed by atoms with Crippen LogP contribution in [0.25, 0.3) is 0 Å². The normalized spacial score (nSPS) is 10.6. The van der Waals surface area contributed by atoms with E-state index in [1.54, 1.807) is 0 Å². The molecule has 0 aliphatic rings. The molecule has 1 N–H and O–H groups in total. The number of anilines is 1. The Morgan fingerprint density at radius 2 is 2.06 bits per heavy atom. The van der Waals surface area contributed by atoms with Crippen molar-refractivity contribution < 1.29 is 0 Å². The molecule has 18 heavy (non-hydrogen) atoms. The van der Waals surface area contributed by atoms with E-state index < -0.39 is 0 Å². The first-order chi connectivity index (χ1) is 8.72. The van der Waals surface area contributed by atoms with Crippen LogP contribution in [-0.4, -0.2) is 9.78 Å². The molecular weight excluding hydrogens is 222 g/mol. The predicted octanol–water partition coefficient (Wildman–Crippen LogP) is 3.52. The van der Waals surface area contributed by atoms with Crippen molar-refractivity contribution in [2.45, 2.75) is 40.3 Å². The van der Waals surface area contributed by atoms with Crippen molar-refractivity contribution in [1.29, 1.82) is 0 Å². The van der Waals surface area contributed by atoms with Crippen LogP contribution >= 0.6 is 0 Å². The maximum atomic E-state index is 4.33. The van der Waals surface area contributed by atoms with Gasteiger partial charge in [-0.2, -0.15) is 5.10 Å². The van der Waals surface area contributed by atoms with Crippen LogP contribution in [0.2, 0.25) is 0 Å². The molecule has 2 rings (SSSR count). The van der Waals surface area contributed by atoms with Gasteiger partial charge in [0.2, 0.25) is 0 Å². The Morgan fingerprint density at radius 3 is 2.83 bits per heavy atom. The van der Waals surface area contributed by atoms with Crippen LogP contribution < -0.4 is 5.32 Å². The topological polar surface area (TPSA) is 29.9 Å². The second kappa shape index (κ2) is 5.71. The van der Waals surface area contributed by atoms with E-state index in [2.05, 4.69) is 60.1 Å². The zero-order valence-electron chi connectivity index (χ0n) is 11.4. The Kier molecular flexibility index (Phi) is 4.03. The van der Waals surface area contributed by atoms with E-state index in [0.717, 1.165) is 19.5 Å². The minimum Gasteiger partial charge on any atom is -0.379 e. The third-order valence-corrected chi connectivity index (χ3v) is 3.30. The zero-order valence-corrected chi connectivity index (χ0v) is 11.4. The Bertz CT molecular complexity index is 514. The maximum Gasteiger partial charge on any atom is 0.0575 e. The van der Waals surface area contributed by atoms with E-state index >= 15 is 0 Å². The number of hydrogen-bond donors (Lipinski definition) is 1. The fourth-order valence-electron chi connectivity index (χ4n) is 2.05. The molecule has 0 fully saturated rings. The Morgan fingerprint density at radius 1 is 1.22 bits per heavy atom. The summed E-state index contributed by atoms with van der Waals surface area (Å²) in [7, 11) is 0. The predicted molar refractivity (Wildman–Crippen MR) is 75.8 cm³/mol. The summed E-state index contributed by atoms with van der Waals surface area (Å²) in [6.45, 7) is 8.27. The second-order valence-corrected chi connectivity index (χ2v) is 4.65. The third kappa shape index (κ3) is 2.73. The molecule has 0 spiro atoms.